The van der Waals surface area contributed by atoms with Gasteiger partial charge in [0.05, 0.1) is 18.8 Å². The second kappa shape index (κ2) is 6.62. The summed E-state index contributed by atoms with van der Waals surface area (Å²) in [5.74, 6) is 0.891. The molecule has 3 nitrogen and oxygen atoms in total. The van der Waals surface area contributed by atoms with Crippen LogP contribution >= 0.6 is 0 Å². The van der Waals surface area contributed by atoms with Crippen LogP contribution in [0.4, 0.5) is 0 Å². The van der Waals surface area contributed by atoms with E-state index < -0.39 is 5.54 Å². The molecule has 3 heteroatoms. The molecule has 17 heavy (non-hydrogen) atoms. The molecule has 2 N–H and O–H groups in total. The van der Waals surface area contributed by atoms with E-state index in [9.17, 15) is 0 Å². The zero-order chi connectivity index (χ0) is 12.7. The lowest BCUT2D eigenvalue weighted by molar-refractivity contribution is 0.101. The summed E-state index contributed by atoms with van der Waals surface area (Å²) in [6.07, 6.45) is 1.01. The minimum absolute atomic E-state index is 0.445. The van der Waals surface area contributed by atoms with E-state index in [1.165, 1.54) is 0 Å². The summed E-state index contributed by atoms with van der Waals surface area (Å²) in [5.41, 5.74) is 6.83. The molecule has 0 heterocycles. The van der Waals surface area contributed by atoms with Crippen molar-refractivity contribution in [2.75, 3.05) is 19.8 Å². The maximum absolute atomic E-state index is 6.21. The van der Waals surface area contributed by atoms with Crippen molar-refractivity contribution in [3.8, 4) is 5.75 Å². The summed E-state index contributed by atoms with van der Waals surface area (Å²) < 4.78 is 10.9. The van der Waals surface area contributed by atoms with Crippen molar-refractivity contribution in [1.29, 1.82) is 0 Å². The van der Waals surface area contributed by atoms with Gasteiger partial charge in [-0.3, -0.25) is 0 Å². The molecule has 0 fully saturated rings. The Bertz CT molecular complexity index is 319. The van der Waals surface area contributed by atoms with Gasteiger partial charge in [-0.2, -0.15) is 0 Å². The van der Waals surface area contributed by atoms with E-state index in [-0.39, 0.29) is 0 Å². The van der Waals surface area contributed by atoms with Crippen molar-refractivity contribution in [3.05, 3.63) is 29.8 Å². The van der Waals surface area contributed by atoms with Gasteiger partial charge in [-0.1, -0.05) is 19.1 Å². The molecule has 0 amide bonds. The Morgan fingerprint density at radius 3 is 2.35 bits per heavy atom. The van der Waals surface area contributed by atoms with Crippen LogP contribution in [-0.2, 0) is 10.3 Å². The van der Waals surface area contributed by atoms with Crippen LogP contribution in [0.2, 0.25) is 0 Å². The maximum atomic E-state index is 6.21. The van der Waals surface area contributed by atoms with E-state index in [1.54, 1.807) is 0 Å². The monoisotopic (exact) mass is 237 g/mol. The average Bonchev–Trinajstić information content (AvgIpc) is 2.34. The normalized spacial score (nSPS) is 14.4. The summed E-state index contributed by atoms with van der Waals surface area (Å²) >= 11 is 0. The van der Waals surface area contributed by atoms with Gasteiger partial charge in [-0.05, 0) is 38.0 Å². The smallest absolute Gasteiger partial charge is 0.119 e. The van der Waals surface area contributed by atoms with Gasteiger partial charge >= 0.3 is 0 Å². The number of rotatable bonds is 7. The molecule has 96 valence electrons. The van der Waals surface area contributed by atoms with Gasteiger partial charge in [0, 0.05) is 6.61 Å². The van der Waals surface area contributed by atoms with Gasteiger partial charge < -0.3 is 15.2 Å². The highest BCUT2D eigenvalue weighted by molar-refractivity contribution is 5.31. The van der Waals surface area contributed by atoms with Crippen LogP contribution in [0.25, 0.3) is 0 Å². The molecular weight excluding hydrogens is 214 g/mol. The standard InChI is InChI=1S/C14H23NO2/c1-4-10-17-13-8-6-12(7-9-13)14(3,15)11-16-5-2/h6-9H,4-5,10-11,15H2,1-3H3. The Morgan fingerprint density at radius 2 is 1.82 bits per heavy atom. The molecule has 0 bridgehead atoms. The third-order valence-corrected chi connectivity index (χ3v) is 2.59. The van der Waals surface area contributed by atoms with Crippen LogP contribution in [0, 0.1) is 0 Å². The molecule has 0 aliphatic rings. The van der Waals surface area contributed by atoms with Crippen LogP contribution in [0.5, 0.6) is 5.75 Å². The van der Waals surface area contributed by atoms with Crippen molar-refractivity contribution in [3.63, 3.8) is 0 Å². The lowest BCUT2D eigenvalue weighted by atomic mass is 9.94. The van der Waals surface area contributed by atoms with E-state index in [1.807, 2.05) is 38.1 Å². The summed E-state index contributed by atoms with van der Waals surface area (Å²) in [5, 5.41) is 0. The zero-order valence-electron chi connectivity index (χ0n) is 11.0. The van der Waals surface area contributed by atoms with Gasteiger partial charge in [0.25, 0.3) is 0 Å². The molecule has 0 aliphatic heterocycles. The number of hydrogen-bond acceptors (Lipinski definition) is 3. The summed E-state index contributed by atoms with van der Waals surface area (Å²) in [6, 6.07) is 7.93. The van der Waals surface area contributed by atoms with Crippen molar-refractivity contribution in [2.24, 2.45) is 5.73 Å². The average molecular weight is 237 g/mol. The second-order valence-corrected chi connectivity index (χ2v) is 4.43. The zero-order valence-corrected chi connectivity index (χ0v) is 11.0. The third kappa shape index (κ3) is 4.36. The fourth-order valence-corrected chi connectivity index (χ4v) is 1.55. The molecule has 0 saturated heterocycles. The van der Waals surface area contributed by atoms with Crippen LogP contribution in [-0.4, -0.2) is 19.8 Å². The van der Waals surface area contributed by atoms with Gasteiger partial charge in [0.1, 0.15) is 5.75 Å². The predicted molar refractivity (Wildman–Crippen MR) is 70.3 cm³/mol. The van der Waals surface area contributed by atoms with E-state index in [0.717, 1.165) is 24.3 Å². The first-order chi connectivity index (χ1) is 8.10. The first kappa shape index (κ1) is 14.0. The minimum atomic E-state index is -0.445. The second-order valence-electron chi connectivity index (χ2n) is 4.43. The largest absolute Gasteiger partial charge is 0.494 e. The first-order valence-corrected chi connectivity index (χ1v) is 6.20. The molecule has 1 atom stereocenters. The number of hydrogen-bond donors (Lipinski definition) is 1. The first-order valence-electron chi connectivity index (χ1n) is 6.20. The summed E-state index contributed by atoms with van der Waals surface area (Å²) in [7, 11) is 0. The third-order valence-electron chi connectivity index (χ3n) is 2.59. The van der Waals surface area contributed by atoms with Gasteiger partial charge in [0.15, 0.2) is 0 Å². The topological polar surface area (TPSA) is 44.5 Å². The van der Waals surface area contributed by atoms with E-state index in [0.29, 0.717) is 13.2 Å². The van der Waals surface area contributed by atoms with E-state index in [2.05, 4.69) is 6.92 Å². The Balaban J connectivity index is 2.65. The molecule has 1 aromatic rings. The lowest BCUT2D eigenvalue weighted by Gasteiger charge is -2.25. The fraction of sp³-hybridized carbons (Fsp3) is 0.571. The van der Waals surface area contributed by atoms with E-state index >= 15 is 0 Å². The number of ether oxygens (including phenoxy) is 2. The molecule has 0 aromatic heterocycles. The summed E-state index contributed by atoms with van der Waals surface area (Å²) in [4.78, 5) is 0. The molecular formula is C14H23NO2. The molecule has 0 aliphatic carbocycles. The Kier molecular flexibility index (Phi) is 5.45. The lowest BCUT2D eigenvalue weighted by Crippen LogP contribution is -2.38. The minimum Gasteiger partial charge on any atom is -0.494 e. The molecule has 0 spiro atoms. The van der Waals surface area contributed by atoms with Gasteiger partial charge in [-0.15, -0.1) is 0 Å². The predicted octanol–water partition coefficient (Wildman–Crippen LogP) is 2.69. The van der Waals surface area contributed by atoms with Crippen LogP contribution in [0.15, 0.2) is 24.3 Å². The van der Waals surface area contributed by atoms with Gasteiger partial charge in [0.2, 0.25) is 0 Å². The quantitative estimate of drug-likeness (QED) is 0.793. The van der Waals surface area contributed by atoms with Crippen molar-refractivity contribution >= 4 is 0 Å². The molecule has 0 radical (unpaired) electrons. The van der Waals surface area contributed by atoms with Crippen molar-refractivity contribution in [2.45, 2.75) is 32.7 Å². The highest BCUT2D eigenvalue weighted by Gasteiger charge is 2.21. The number of benzene rings is 1. The fourth-order valence-electron chi connectivity index (χ4n) is 1.55. The van der Waals surface area contributed by atoms with Crippen molar-refractivity contribution in [1.82, 2.24) is 0 Å². The molecule has 1 unspecified atom stereocenters. The Morgan fingerprint density at radius 1 is 1.18 bits per heavy atom. The van der Waals surface area contributed by atoms with Crippen LogP contribution < -0.4 is 10.5 Å². The Labute approximate surface area is 104 Å². The SMILES string of the molecule is CCCOc1ccc(C(C)(N)COCC)cc1. The summed E-state index contributed by atoms with van der Waals surface area (Å²) in [6.45, 7) is 8.00. The number of nitrogens with two attached hydrogens (primary N) is 1. The van der Waals surface area contributed by atoms with Crippen LogP contribution in [0.1, 0.15) is 32.8 Å². The molecule has 1 aromatic carbocycles. The van der Waals surface area contributed by atoms with Gasteiger partial charge in [-0.25, -0.2) is 0 Å². The Hall–Kier alpha value is -1.06. The molecule has 0 saturated carbocycles. The molecule has 1 rings (SSSR count). The van der Waals surface area contributed by atoms with Crippen LogP contribution in [0.3, 0.4) is 0 Å². The van der Waals surface area contributed by atoms with Crippen molar-refractivity contribution < 1.29 is 9.47 Å². The van der Waals surface area contributed by atoms with E-state index in [4.69, 9.17) is 15.2 Å². The highest BCUT2D eigenvalue weighted by Crippen LogP contribution is 2.21. The maximum Gasteiger partial charge on any atom is 0.119 e. The highest BCUT2D eigenvalue weighted by atomic mass is 16.5.